The molecule has 0 aromatic carbocycles. The molecule has 1 unspecified atom stereocenters. The van der Waals surface area contributed by atoms with E-state index >= 15 is 0 Å². The van der Waals surface area contributed by atoms with Gasteiger partial charge in [0, 0.05) is 19.0 Å². The Balaban J connectivity index is 2.19. The smallest absolute Gasteiger partial charge is 0.124 e. The lowest BCUT2D eigenvalue weighted by atomic mass is 9.72. The number of rotatable bonds is 1. The first-order chi connectivity index (χ1) is 7.13. The van der Waals surface area contributed by atoms with E-state index in [1.54, 1.807) is 4.68 Å². The van der Waals surface area contributed by atoms with Crippen LogP contribution in [-0.4, -0.2) is 21.4 Å². The third-order valence-corrected chi connectivity index (χ3v) is 4.31. The maximum atomic E-state index is 10.8. The van der Waals surface area contributed by atoms with Crippen molar-refractivity contribution in [2.75, 3.05) is 6.54 Å². The van der Waals surface area contributed by atoms with Gasteiger partial charge in [-0.15, -0.1) is 0 Å². The van der Waals surface area contributed by atoms with Gasteiger partial charge in [0.05, 0.1) is 11.9 Å². The summed E-state index contributed by atoms with van der Waals surface area (Å²) in [4.78, 5) is 0. The summed E-state index contributed by atoms with van der Waals surface area (Å²) in [5, 5.41) is 15.0. The molecule has 1 fully saturated rings. The van der Waals surface area contributed by atoms with Crippen LogP contribution < -0.4 is 5.73 Å². The third-order valence-electron chi connectivity index (χ3n) is 4.31. The van der Waals surface area contributed by atoms with Crippen LogP contribution in [0.4, 0.5) is 0 Å². The van der Waals surface area contributed by atoms with E-state index in [-0.39, 0.29) is 5.41 Å². The van der Waals surface area contributed by atoms with E-state index in [4.69, 9.17) is 5.73 Å². The van der Waals surface area contributed by atoms with Gasteiger partial charge in [0.15, 0.2) is 0 Å². The molecule has 0 aliphatic heterocycles. The molecule has 82 valence electrons. The van der Waals surface area contributed by atoms with E-state index in [2.05, 4.69) is 5.10 Å². The van der Waals surface area contributed by atoms with Crippen molar-refractivity contribution in [3.8, 4) is 0 Å². The molecule has 0 bridgehead atoms. The zero-order valence-electron chi connectivity index (χ0n) is 9.03. The highest BCUT2D eigenvalue weighted by Crippen LogP contribution is 2.63. The minimum Gasteiger partial charge on any atom is -0.382 e. The zero-order chi connectivity index (χ0) is 10.7. The molecule has 1 atom stereocenters. The summed E-state index contributed by atoms with van der Waals surface area (Å²) in [6.45, 7) is 0.305. The standard InChI is InChI=1S/C11H17N3O/c1-14-9-8(6-13-14)2-3-10(4-5-10)11(9,15)7-12/h6,15H,2-5,7,12H2,1H3. The molecule has 0 saturated heterocycles. The van der Waals surface area contributed by atoms with Crippen molar-refractivity contribution in [2.45, 2.75) is 31.3 Å². The summed E-state index contributed by atoms with van der Waals surface area (Å²) in [6, 6.07) is 0. The lowest BCUT2D eigenvalue weighted by molar-refractivity contribution is -0.0487. The van der Waals surface area contributed by atoms with Gasteiger partial charge in [-0.2, -0.15) is 5.10 Å². The predicted octanol–water partition coefficient (Wildman–Crippen LogP) is 0.293. The van der Waals surface area contributed by atoms with Crippen molar-refractivity contribution >= 4 is 0 Å². The molecular weight excluding hydrogens is 190 g/mol. The zero-order valence-corrected chi connectivity index (χ0v) is 9.03. The van der Waals surface area contributed by atoms with Crippen LogP contribution in [-0.2, 0) is 19.1 Å². The summed E-state index contributed by atoms with van der Waals surface area (Å²) in [5.74, 6) is 0. The highest BCUT2D eigenvalue weighted by molar-refractivity contribution is 5.34. The average Bonchev–Trinajstić information content (AvgIpc) is 2.93. The van der Waals surface area contributed by atoms with Crippen molar-refractivity contribution in [1.82, 2.24) is 9.78 Å². The third kappa shape index (κ3) is 0.961. The lowest BCUT2D eigenvalue weighted by Crippen LogP contribution is -2.48. The van der Waals surface area contributed by atoms with Crippen LogP contribution in [0, 0.1) is 5.41 Å². The van der Waals surface area contributed by atoms with Crippen LogP contribution in [0.15, 0.2) is 6.20 Å². The minimum absolute atomic E-state index is 0.0581. The molecule has 3 N–H and O–H groups in total. The van der Waals surface area contributed by atoms with E-state index in [9.17, 15) is 5.11 Å². The summed E-state index contributed by atoms with van der Waals surface area (Å²) in [6.07, 6.45) is 6.16. The van der Waals surface area contributed by atoms with Crippen LogP contribution in [0.3, 0.4) is 0 Å². The van der Waals surface area contributed by atoms with Gasteiger partial charge in [-0.3, -0.25) is 4.68 Å². The summed E-state index contributed by atoms with van der Waals surface area (Å²) >= 11 is 0. The molecule has 1 heterocycles. The number of aliphatic hydroxyl groups is 1. The lowest BCUT2D eigenvalue weighted by Gasteiger charge is -2.40. The summed E-state index contributed by atoms with van der Waals surface area (Å²) < 4.78 is 1.79. The number of fused-ring (bicyclic) bond motifs is 1. The second-order valence-electron chi connectivity index (χ2n) is 4.99. The normalized spacial score (nSPS) is 31.7. The summed E-state index contributed by atoms with van der Waals surface area (Å²) in [5.41, 5.74) is 7.14. The SMILES string of the molecule is Cn1ncc2c1C(O)(CN)C1(CC2)CC1. The van der Waals surface area contributed by atoms with Crippen molar-refractivity contribution in [3.63, 3.8) is 0 Å². The van der Waals surface area contributed by atoms with Gasteiger partial charge in [0.25, 0.3) is 0 Å². The number of nitrogens with zero attached hydrogens (tertiary/aromatic N) is 2. The van der Waals surface area contributed by atoms with E-state index in [0.29, 0.717) is 6.54 Å². The molecule has 1 spiro atoms. The average molecular weight is 207 g/mol. The molecule has 15 heavy (non-hydrogen) atoms. The molecular formula is C11H17N3O. The fraction of sp³-hybridized carbons (Fsp3) is 0.727. The van der Waals surface area contributed by atoms with Crippen molar-refractivity contribution < 1.29 is 5.11 Å². The Morgan fingerprint density at radius 2 is 2.27 bits per heavy atom. The van der Waals surface area contributed by atoms with Crippen LogP contribution in [0.5, 0.6) is 0 Å². The fourth-order valence-electron chi connectivity index (χ4n) is 3.16. The van der Waals surface area contributed by atoms with E-state index in [1.165, 1.54) is 5.56 Å². The molecule has 0 amide bonds. The number of hydrogen-bond acceptors (Lipinski definition) is 3. The van der Waals surface area contributed by atoms with Crippen molar-refractivity contribution in [2.24, 2.45) is 18.2 Å². The van der Waals surface area contributed by atoms with Gasteiger partial charge in [-0.25, -0.2) is 0 Å². The highest BCUT2D eigenvalue weighted by atomic mass is 16.3. The van der Waals surface area contributed by atoms with Crippen molar-refractivity contribution in [3.05, 3.63) is 17.5 Å². The van der Waals surface area contributed by atoms with Gasteiger partial charge in [0.1, 0.15) is 5.60 Å². The van der Waals surface area contributed by atoms with Gasteiger partial charge in [-0.1, -0.05) is 0 Å². The molecule has 1 aromatic heterocycles. The van der Waals surface area contributed by atoms with Gasteiger partial charge >= 0.3 is 0 Å². The molecule has 4 heteroatoms. The van der Waals surface area contributed by atoms with E-state index in [1.807, 2.05) is 13.2 Å². The van der Waals surface area contributed by atoms with Crippen LogP contribution in [0.1, 0.15) is 30.5 Å². The maximum Gasteiger partial charge on any atom is 0.124 e. The monoisotopic (exact) mass is 207 g/mol. The number of nitrogens with two attached hydrogens (primary N) is 1. The second-order valence-corrected chi connectivity index (χ2v) is 4.99. The first kappa shape index (κ1) is 9.36. The van der Waals surface area contributed by atoms with Crippen LogP contribution in [0.2, 0.25) is 0 Å². The quantitative estimate of drug-likeness (QED) is 0.696. The number of hydrogen-bond donors (Lipinski definition) is 2. The molecule has 1 saturated carbocycles. The van der Waals surface area contributed by atoms with E-state index < -0.39 is 5.60 Å². The van der Waals surface area contributed by atoms with Gasteiger partial charge < -0.3 is 10.8 Å². The predicted molar refractivity (Wildman–Crippen MR) is 56.1 cm³/mol. The largest absolute Gasteiger partial charge is 0.382 e. The Labute approximate surface area is 89.1 Å². The minimum atomic E-state index is -0.841. The number of aryl methyl sites for hydroxylation is 2. The Morgan fingerprint density at radius 1 is 1.53 bits per heavy atom. The Morgan fingerprint density at radius 3 is 2.87 bits per heavy atom. The van der Waals surface area contributed by atoms with Gasteiger partial charge in [-0.05, 0) is 31.2 Å². The number of aromatic nitrogens is 2. The molecule has 2 aliphatic rings. The topological polar surface area (TPSA) is 64.1 Å². The Hall–Kier alpha value is -0.870. The highest BCUT2D eigenvalue weighted by Gasteiger charge is 2.61. The molecule has 3 rings (SSSR count). The Kier molecular flexibility index (Phi) is 1.64. The van der Waals surface area contributed by atoms with Crippen molar-refractivity contribution in [1.29, 1.82) is 0 Å². The van der Waals surface area contributed by atoms with E-state index in [0.717, 1.165) is 31.4 Å². The first-order valence-electron chi connectivity index (χ1n) is 5.57. The van der Waals surface area contributed by atoms with Crippen LogP contribution >= 0.6 is 0 Å². The van der Waals surface area contributed by atoms with Crippen LogP contribution in [0.25, 0.3) is 0 Å². The second kappa shape index (κ2) is 2.62. The van der Waals surface area contributed by atoms with Gasteiger partial charge in [0.2, 0.25) is 0 Å². The molecule has 1 aromatic rings. The molecule has 0 radical (unpaired) electrons. The molecule has 4 nitrogen and oxygen atoms in total. The fourth-order valence-corrected chi connectivity index (χ4v) is 3.16. The Bertz CT molecular complexity index is 408. The summed E-state index contributed by atoms with van der Waals surface area (Å²) in [7, 11) is 1.89. The molecule has 2 aliphatic carbocycles. The first-order valence-corrected chi connectivity index (χ1v) is 5.57. The maximum absolute atomic E-state index is 10.8.